The standard InChI is InChI=1S/C19H25N3O/c1-4-12-22(13-5-2)17-10-11-18(20-14-17)19(23)21-16-8-6-15(3)7-9-16/h6-11,14H,4-5,12-13H2,1-3H3,(H,21,23). The molecule has 0 aliphatic carbocycles. The molecule has 0 fully saturated rings. The Morgan fingerprint density at radius 2 is 1.70 bits per heavy atom. The Labute approximate surface area is 138 Å². The Morgan fingerprint density at radius 3 is 2.22 bits per heavy atom. The second-order valence-corrected chi connectivity index (χ2v) is 5.71. The van der Waals surface area contributed by atoms with E-state index in [2.05, 4.69) is 29.0 Å². The van der Waals surface area contributed by atoms with Crippen molar-refractivity contribution in [3.63, 3.8) is 0 Å². The molecule has 0 saturated heterocycles. The number of benzene rings is 1. The van der Waals surface area contributed by atoms with Crippen molar-refractivity contribution in [2.45, 2.75) is 33.6 Å². The lowest BCUT2D eigenvalue weighted by atomic mass is 10.2. The largest absolute Gasteiger partial charge is 0.370 e. The zero-order chi connectivity index (χ0) is 16.7. The van der Waals surface area contributed by atoms with Gasteiger partial charge in [0.2, 0.25) is 0 Å². The van der Waals surface area contributed by atoms with E-state index in [1.165, 1.54) is 0 Å². The fraction of sp³-hybridized carbons (Fsp3) is 0.368. The van der Waals surface area contributed by atoms with Gasteiger partial charge in [0.05, 0.1) is 11.9 Å². The van der Waals surface area contributed by atoms with E-state index in [9.17, 15) is 4.79 Å². The van der Waals surface area contributed by atoms with Gasteiger partial charge in [0.25, 0.3) is 5.91 Å². The molecule has 1 heterocycles. The molecule has 0 unspecified atom stereocenters. The third-order valence-electron chi connectivity index (χ3n) is 3.64. The summed E-state index contributed by atoms with van der Waals surface area (Å²) in [7, 11) is 0. The number of aryl methyl sites for hydroxylation is 1. The zero-order valence-corrected chi connectivity index (χ0v) is 14.2. The van der Waals surface area contributed by atoms with Crippen LogP contribution in [0, 0.1) is 6.92 Å². The van der Waals surface area contributed by atoms with E-state index < -0.39 is 0 Å². The molecule has 0 aliphatic heterocycles. The molecule has 0 atom stereocenters. The molecule has 1 aromatic heterocycles. The second kappa shape index (κ2) is 8.32. The predicted octanol–water partition coefficient (Wildman–Crippen LogP) is 4.27. The van der Waals surface area contributed by atoms with E-state index in [0.29, 0.717) is 5.69 Å². The number of pyridine rings is 1. The summed E-state index contributed by atoms with van der Waals surface area (Å²) in [6.07, 6.45) is 3.97. The molecule has 2 rings (SSSR count). The summed E-state index contributed by atoms with van der Waals surface area (Å²) in [5.74, 6) is -0.182. The number of carbonyl (C=O) groups excluding carboxylic acids is 1. The van der Waals surface area contributed by atoms with Crippen molar-refractivity contribution in [1.29, 1.82) is 0 Å². The first-order valence-corrected chi connectivity index (χ1v) is 8.23. The highest BCUT2D eigenvalue weighted by molar-refractivity contribution is 6.02. The van der Waals surface area contributed by atoms with E-state index >= 15 is 0 Å². The second-order valence-electron chi connectivity index (χ2n) is 5.71. The Balaban J connectivity index is 2.05. The number of anilines is 2. The quantitative estimate of drug-likeness (QED) is 0.830. The third kappa shape index (κ3) is 4.81. The summed E-state index contributed by atoms with van der Waals surface area (Å²) in [4.78, 5) is 18.9. The minimum atomic E-state index is -0.182. The highest BCUT2D eigenvalue weighted by Crippen LogP contribution is 2.15. The van der Waals surface area contributed by atoms with Crippen LogP contribution < -0.4 is 10.2 Å². The zero-order valence-electron chi connectivity index (χ0n) is 14.2. The van der Waals surface area contributed by atoms with Crippen molar-refractivity contribution < 1.29 is 4.79 Å². The third-order valence-corrected chi connectivity index (χ3v) is 3.64. The van der Waals surface area contributed by atoms with Gasteiger partial charge in [0, 0.05) is 18.8 Å². The normalized spacial score (nSPS) is 10.4. The lowest BCUT2D eigenvalue weighted by Crippen LogP contribution is -2.25. The summed E-state index contributed by atoms with van der Waals surface area (Å²) in [5.41, 5.74) is 3.45. The van der Waals surface area contributed by atoms with Crippen LogP contribution in [0.3, 0.4) is 0 Å². The molecule has 0 spiro atoms. The van der Waals surface area contributed by atoms with Crippen LogP contribution in [-0.4, -0.2) is 24.0 Å². The Hall–Kier alpha value is -2.36. The Bertz CT molecular complexity index is 614. The van der Waals surface area contributed by atoms with E-state index in [0.717, 1.165) is 42.9 Å². The SMILES string of the molecule is CCCN(CCC)c1ccc(C(=O)Nc2ccc(C)cc2)nc1. The van der Waals surface area contributed by atoms with E-state index in [-0.39, 0.29) is 5.91 Å². The average Bonchev–Trinajstić information content (AvgIpc) is 2.57. The number of amides is 1. The Kier molecular flexibility index (Phi) is 6.15. The molecule has 0 radical (unpaired) electrons. The molecule has 4 heteroatoms. The van der Waals surface area contributed by atoms with Crippen LogP contribution >= 0.6 is 0 Å². The number of nitrogens with zero attached hydrogens (tertiary/aromatic N) is 2. The number of aromatic nitrogens is 1. The van der Waals surface area contributed by atoms with Crippen molar-refractivity contribution in [2.24, 2.45) is 0 Å². The minimum Gasteiger partial charge on any atom is -0.370 e. The summed E-state index contributed by atoms with van der Waals surface area (Å²) >= 11 is 0. The minimum absolute atomic E-state index is 0.182. The highest BCUT2D eigenvalue weighted by Gasteiger charge is 2.10. The van der Waals surface area contributed by atoms with Crippen LogP contribution in [0.4, 0.5) is 11.4 Å². The van der Waals surface area contributed by atoms with Gasteiger partial charge in [-0.05, 0) is 44.0 Å². The summed E-state index contributed by atoms with van der Waals surface area (Å²) in [6, 6.07) is 11.5. The van der Waals surface area contributed by atoms with Crippen LogP contribution in [0.1, 0.15) is 42.7 Å². The van der Waals surface area contributed by atoms with Gasteiger partial charge in [-0.25, -0.2) is 4.98 Å². The van der Waals surface area contributed by atoms with Crippen LogP contribution in [0.2, 0.25) is 0 Å². The van der Waals surface area contributed by atoms with Crippen molar-refractivity contribution in [1.82, 2.24) is 4.98 Å². The molecule has 0 saturated carbocycles. The van der Waals surface area contributed by atoms with E-state index in [4.69, 9.17) is 0 Å². The average molecular weight is 311 g/mol. The fourth-order valence-corrected chi connectivity index (χ4v) is 2.45. The summed E-state index contributed by atoms with van der Waals surface area (Å²) in [6.45, 7) is 8.36. The van der Waals surface area contributed by atoms with Crippen molar-refractivity contribution in [3.05, 3.63) is 53.9 Å². The molecule has 23 heavy (non-hydrogen) atoms. The van der Waals surface area contributed by atoms with Crippen molar-refractivity contribution in [2.75, 3.05) is 23.3 Å². The molecule has 1 N–H and O–H groups in total. The van der Waals surface area contributed by atoms with Crippen LogP contribution in [0.25, 0.3) is 0 Å². The molecule has 0 aliphatic rings. The maximum Gasteiger partial charge on any atom is 0.274 e. The maximum atomic E-state index is 12.2. The smallest absolute Gasteiger partial charge is 0.274 e. The first-order valence-electron chi connectivity index (χ1n) is 8.23. The van der Waals surface area contributed by atoms with Gasteiger partial charge < -0.3 is 10.2 Å². The molecule has 1 amide bonds. The van der Waals surface area contributed by atoms with E-state index in [1.807, 2.05) is 37.3 Å². The van der Waals surface area contributed by atoms with Gasteiger partial charge in [-0.3, -0.25) is 4.79 Å². The van der Waals surface area contributed by atoms with Crippen molar-refractivity contribution in [3.8, 4) is 0 Å². The monoisotopic (exact) mass is 311 g/mol. The van der Waals surface area contributed by atoms with Gasteiger partial charge in [-0.2, -0.15) is 0 Å². The first-order chi connectivity index (χ1) is 11.1. The van der Waals surface area contributed by atoms with Gasteiger partial charge >= 0.3 is 0 Å². The Morgan fingerprint density at radius 1 is 1.04 bits per heavy atom. The van der Waals surface area contributed by atoms with Crippen LogP contribution in [0.15, 0.2) is 42.6 Å². The molecule has 1 aromatic carbocycles. The molecular weight excluding hydrogens is 286 g/mol. The number of hydrogen-bond acceptors (Lipinski definition) is 3. The lowest BCUT2D eigenvalue weighted by molar-refractivity contribution is 0.102. The first kappa shape index (κ1) is 17.0. The molecule has 122 valence electrons. The number of rotatable bonds is 7. The molecule has 0 bridgehead atoms. The highest BCUT2D eigenvalue weighted by atomic mass is 16.1. The number of carbonyl (C=O) groups is 1. The molecule has 4 nitrogen and oxygen atoms in total. The van der Waals surface area contributed by atoms with Crippen LogP contribution in [-0.2, 0) is 0 Å². The number of nitrogens with one attached hydrogen (secondary N) is 1. The fourth-order valence-electron chi connectivity index (χ4n) is 2.45. The van der Waals surface area contributed by atoms with Gasteiger partial charge in [-0.15, -0.1) is 0 Å². The van der Waals surface area contributed by atoms with E-state index in [1.54, 1.807) is 12.3 Å². The maximum absolute atomic E-state index is 12.2. The number of hydrogen-bond donors (Lipinski definition) is 1. The summed E-state index contributed by atoms with van der Waals surface area (Å²) < 4.78 is 0. The lowest BCUT2D eigenvalue weighted by Gasteiger charge is -2.23. The van der Waals surface area contributed by atoms with Crippen LogP contribution in [0.5, 0.6) is 0 Å². The topological polar surface area (TPSA) is 45.2 Å². The van der Waals surface area contributed by atoms with Gasteiger partial charge in [-0.1, -0.05) is 31.5 Å². The summed E-state index contributed by atoms with van der Waals surface area (Å²) in [5, 5.41) is 2.87. The molecular formula is C19H25N3O. The van der Waals surface area contributed by atoms with Gasteiger partial charge in [0.1, 0.15) is 5.69 Å². The van der Waals surface area contributed by atoms with Crippen molar-refractivity contribution >= 4 is 17.3 Å². The predicted molar refractivity (Wildman–Crippen MR) is 96.2 cm³/mol. The van der Waals surface area contributed by atoms with Gasteiger partial charge in [0.15, 0.2) is 0 Å². The molecule has 2 aromatic rings.